The summed E-state index contributed by atoms with van der Waals surface area (Å²) in [5, 5.41) is 2.75. The fourth-order valence-corrected chi connectivity index (χ4v) is 1.52. The molecule has 1 rings (SSSR count). The van der Waals surface area contributed by atoms with Crippen LogP contribution in [0.5, 0.6) is 11.5 Å². The summed E-state index contributed by atoms with van der Waals surface area (Å²) in [5.74, 6) is 1.42. The third kappa shape index (κ3) is 3.15. The summed E-state index contributed by atoms with van der Waals surface area (Å²) < 4.78 is 10.5. The van der Waals surface area contributed by atoms with Crippen molar-refractivity contribution in [2.75, 3.05) is 20.8 Å². The molecule has 1 amide bonds. The Bertz CT molecular complexity index is 363. The second-order valence-electron chi connectivity index (χ2n) is 3.39. The van der Waals surface area contributed by atoms with Crippen molar-refractivity contribution >= 4 is 5.91 Å². The Hall–Kier alpha value is -1.71. The third-order valence-corrected chi connectivity index (χ3v) is 2.25. The molecule has 0 spiro atoms. The van der Waals surface area contributed by atoms with Crippen LogP contribution < -0.4 is 14.8 Å². The van der Waals surface area contributed by atoms with Crippen molar-refractivity contribution in [3.63, 3.8) is 0 Å². The van der Waals surface area contributed by atoms with Crippen molar-refractivity contribution in [1.82, 2.24) is 5.32 Å². The number of hydrogen-bond donors (Lipinski definition) is 1. The van der Waals surface area contributed by atoms with Gasteiger partial charge < -0.3 is 14.8 Å². The van der Waals surface area contributed by atoms with Gasteiger partial charge in [-0.3, -0.25) is 4.79 Å². The van der Waals surface area contributed by atoms with Crippen LogP contribution >= 0.6 is 0 Å². The van der Waals surface area contributed by atoms with E-state index in [2.05, 4.69) is 5.32 Å². The summed E-state index contributed by atoms with van der Waals surface area (Å²) in [5.41, 5.74) is 1.02. The molecule has 0 bridgehead atoms. The van der Waals surface area contributed by atoms with Crippen LogP contribution in [0.1, 0.15) is 12.5 Å². The average Bonchev–Trinajstić information content (AvgIpc) is 2.28. The first-order valence-electron chi connectivity index (χ1n) is 5.13. The van der Waals surface area contributed by atoms with Gasteiger partial charge in [-0.2, -0.15) is 0 Å². The Balaban J connectivity index is 2.74. The summed E-state index contributed by atoms with van der Waals surface area (Å²) in [6, 6.07) is 5.72. The number of methoxy groups -OCH3 is 2. The van der Waals surface area contributed by atoms with Gasteiger partial charge in [0, 0.05) is 13.5 Å². The van der Waals surface area contributed by atoms with Crippen LogP contribution in [0.15, 0.2) is 18.2 Å². The van der Waals surface area contributed by atoms with Gasteiger partial charge in [-0.05, 0) is 18.1 Å². The number of carbonyl (C=O) groups excluding carboxylic acids is 1. The minimum atomic E-state index is -0.0261. The van der Waals surface area contributed by atoms with Crippen molar-refractivity contribution in [3.05, 3.63) is 23.8 Å². The minimum Gasteiger partial charge on any atom is -0.493 e. The molecule has 0 radical (unpaired) electrons. The smallest absolute Gasteiger partial charge is 0.216 e. The zero-order valence-corrected chi connectivity index (χ0v) is 9.87. The molecule has 1 N–H and O–H groups in total. The zero-order valence-electron chi connectivity index (χ0n) is 9.87. The molecule has 0 saturated heterocycles. The van der Waals surface area contributed by atoms with Crippen LogP contribution in [-0.4, -0.2) is 26.7 Å². The number of nitrogens with one attached hydrogen (secondary N) is 1. The van der Waals surface area contributed by atoms with E-state index in [1.54, 1.807) is 14.2 Å². The van der Waals surface area contributed by atoms with Crippen LogP contribution in [0.2, 0.25) is 0 Å². The third-order valence-electron chi connectivity index (χ3n) is 2.25. The Labute approximate surface area is 95.6 Å². The van der Waals surface area contributed by atoms with Crippen LogP contribution in [0.25, 0.3) is 0 Å². The number of hydrogen-bond acceptors (Lipinski definition) is 3. The largest absolute Gasteiger partial charge is 0.493 e. The number of rotatable bonds is 5. The molecule has 0 heterocycles. The summed E-state index contributed by atoms with van der Waals surface area (Å²) in [6.45, 7) is 2.10. The predicted octanol–water partition coefficient (Wildman–Crippen LogP) is 1.38. The molecule has 1 aromatic rings. The Morgan fingerprint density at radius 1 is 1.31 bits per heavy atom. The van der Waals surface area contributed by atoms with Crippen molar-refractivity contribution in [1.29, 1.82) is 0 Å². The second-order valence-corrected chi connectivity index (χ2v) is 3.39. The van der Waals surface area contributed by atoms with E-state index in [0.29, 0.717) is 12.3 Å². The molecule has 0 aliphatic carbocycles. The highest BCUT2D eigenvalue weighted by atomic mass is 16.5. The quantitative estimate of drug-likeness (QED) is 0.820. The van der Waals surface area contributed by atoms with E-state index < -0.39 is 0 Å². The van der Waals surface area contributed by atoms with Crippen molar-refractivity contribution in [2.24, 2.45) is 0 Å². The molecule has 0 aliphatic heterocycles. The Kier molecular flexibility index (Phi) is 4.64. The van der Waals surface area contributed by atoms with E-state index in [1.165, 1.54) is 6.92 Å². The highest BCUT2D eigenvalue weighted by molar-refractivity contribution is 5.72. The molecule has 0 atom stereocenters. The van der Waals surface area contributed by atoms with E-state index in [9.17, 15) is 4.79 Å². The Morgan fingerprint density at radius 3 is 2.62 bits per heavy atom. The lowest BCUT2D eigenvalue weighted by molar-refractivity contribution is -0.118. The number of ether oxygens (including phenoxy) is 2. The summed E-state index contributed by atoms with van der Waals surface area (Å²) in [6.07, 6.45) is 0.722. The van der Waals surface area contributed by atoms with Crippen LogP contribution in [0.3, 0.4) is 0 Å². The first kappa shape index (κ1) is 12.4. The number of benzene rings is 1. The zero-order chi connectivity index (χ0) is 12.0. The molecule has 16 heavy (non-hydrogen) atoms. The van der Waals surface area contributed by atoms with Gasteiger partial charge >= 0.3 is 0 Å². The molecular formula is C12H17NO3. The van der Waals surface area contributed by atoms with E-state index in [0.717, 1.165) is 17.7 Å². The summed E-state index contributed by atoms with van der Waals surface area (Å²) >= 11 is 0. The van der Waals surface area contributed by atoms with Gasteiger partial charge in [-0.1, -0.05) is 12.1 Å². The van der Waals surface area contributed by atoms with Gasteiger partial charge in [0.15, 0.2) is 11.5 Å². The monoisotopic (exact) mass is 223 g/mol. The molecule has 0 aromatic heterocycles. The van der Waals surface area contributed by atoms with E-state index >= 15 is 0 Å². The van der Waals surface area contributed by atoms with Gasteiger partial charge in [0.1, 0.15) is 0 Å². The molecule has 0 unspecified atom stereocenters. The van der Waals surface area contributed by atoms with Crippen LogP contribution in [-0.2, 0) is 11.2 Å². The predicted molar refractivity (Wildman–Crippen MR) is 61.9 cm³/mol. The molecule has 0 aliphatic rings. The standard InChI is InChI=1S/C12H17NO3/c1-9(14)13-8-7-10-5-4-6-11(15-2)12(10)16-3/h4-6H,7-8H2,1-3H3,(H,13,14). The SMILES string of the molecule is COc1cccc(CCNC(C)=O)c1OC. The molecule has 1 aromatic carbocycles. The highest BCUT2D eigenvalue weighted by Gasteiger charge is 2.08. The van der Waals surface area contributed by atoms with E-state index in [4.69, 9.17) is 9.47 Å². The number of carbonyl (C=O) groups is 1. The van der Waals surface area contributed by atoms with E-state index in [-0.39, 0.29) is 5.91 Å². The van der Waals surface area contributed by atoms with E-state index in [1.807, 2.05) is 18.2 Å². The lowest BCUT2D eigenvalue weighted by atomic mass is 10.1. The number of amides is 1. The molecule has 0 fully saturated rings. The maximum atomic E-state index is 10.7. The minimum absolute atomic E-state index is 0.0261. The van der Waals surface area contributed by atoms with Crippen LogP contribution in [0.4, 0.5) is 0 Å². The molecular weight excluding hydrogens is 206 g/mol. The lowest BCUT2D eigenvalue weighted by Gasteiger charge is -2.12. The Morgan fingerprint density at radius 2 is 2.06 bits per heavy atom. The molecule has 0 saturated carbocycles. The maximum Gasteiger partial charge on any atom is 0.216 e. The van der Waals surface area contributed by atoms with Gasteiger partial charge in [0.25, 0.3) is 0 Å². The highest BCUT2D eigenvalue weighted by Crippen LogP contribution is 2.30. The average molecular weight is 223 g/mol. The normalized spacial score (nSPS) is 9.69. The fourth-order valence-electron chi connectivity index (χ4n) is 1.52. The van der Waals surface area contributed by atoms with Gasteiger partial charge in [-0.15, -0.1) is 0 Å². The molecule has 88 valence electrons. The van der Waals surface area contributed by atoms with Crippen molar-refractivity contribution in [2.45, 2.75) is 13.3 Å². The van der Waals surface area contributed by atoms with Gasteiger partial charge in [0.2, 0.25) is 5.91 Å². The first-order valence-corrected chi connectivity index (χ1v) is 5.13. The van der Waals surface area contributed by atoms with Crippen molar-refractivity contribution < 1.29 is 14.3 Å². The topological polar surface area (TPSA) is 47.6 Å². The number of para-hydroxylation sites is 1. The molecule has 4 nitrogen and oxygen atoms in total. The molecule has 4 heteroatoms. The van der Waals surface area contributed by atoms with Gasteiger partial charge in [-0.25, -0.2) is 0 Å². The fraction of sp³-hybridized carbons (Fsp3) is 0.417. The van der Waals surface area contributed by atoms with Crippen molar-refractivity contribution in [3.8, 4) is 11.5 Å². The lowest BCUT2D eigenvalue weighted by Crippen LogP contribution is -2.22. The first-order chi connectivity index (χ1) is 7.69. The van der Waals surface area contributed by atoms with Gasteiger partial charge in [0.05, 0.1) is 14.2 Å². The summed E-state index contributed by atoms with van der Waals surface area (Å²) in [7, 11) is 3.22. The summed E-state index contributed by atoms with van der Waals surface area (Å²) in [4.78, 5) is 10.7. The second kappa shape index (κ2) is 6.00. The van der Waals surface area contributed by atoms with Crippen LogP contribution in [0, 0.1) is 0 Å². The maximum absolute atomic E-state index is 10.7.